The monoisotopic (exact) mass is 331 g/mol. The lowest BCUT2D eigenvalue weighted by Gasteiger charge is -2.32. The highest BCUT2D eigenvalue weighted by atomic mass is 35.5. The molecule has 1 atom stereocenters. The molecule has 0 aliphatic carbocycles. The third kappa shape index (κ3) is 3.99. The summed E-state index contributed by atoms with van der Waals surface area (Å²) in [4.78, 5) is 22.5. The fourth-order valence-electron chi connectivity index (χ4n) is 2.69. The van der Waals surface area contributed by atoms with Crippen molar-refractivity contribution in [3.8, 4) is 6.01 Å². The lowest BCUT2D eigenvalue weighted by molar-refractivity contribution is 0.0516. The van der Waals surface area contributed by atoms with Crippen LogP contribution in [-0.2, 0) is 0 Å². The second-order valence-electron chi connectivity index (χ2n) is 5.69. The minimum atomic E-state index is -0.0984. The normalized spacial score (nSPS) is 17.8. The Bertz CT molecular complexity index is 690. The summed E-state index contributed by atoms with van der Waals surface area (Å²) in [7, 11) is 0. The van der Waals surface area contributed by atoms with Crippen LogP contribution in [0, 0.1) is 6.92 Å². The maximum Gasteiger partial charge on any atom is 0.316 e. The molecule has 3 rings (SSSR count). The first-order valence-electron chi connectivity index (χ1n) is 7.62. The van der Waals surface area contributed by atoms with Crippen molar-refractivity contribution in [1.29, 1.82) is 0 Å². The summed E-state index contributed by atoms with van der Waals surface area (Å²) >= 11 is 5.77. The summed E-state index contributed by atoms with van der Waals surface area (Å²) in [5.41, 5.74) is 1.80. The van der Waals surface area contributed by atoms with Crippen molar-refractivity contribution in [2.24, 2.45) is 0 Å². The standard InChI is InChI=1S/C17H18ClN3O2/c1-12-4-2-5-13(8-12)16(22)21-7-3-6-15(11-21)23-17-19-9-14(18)10-20-17/h2,4-5,8-10,15H,3,6-7,11H2,1H3. The van der Waals surface area contributed by atoms with Crippen LogP contribution >= 0.6 is 11.6 Å². The number of nitrogens with zero attached hydrogens (tertiary/aromatic N) is 3. The second-order valence-corrected chi connectivity index (χ2v) is 6.12. The Morgan fingerprint density at radius 3 is 2.87 bits per heavy atom. The number of halogens is 1. The van der Waals surface area contributed by atoms with Gasteiger partial charge < -0.3 is 9.64 Å². The number of benzene rings is 1. The van der Waals surface area contributed by atoms with E-state index in [1.165, 1.54) is 12.4 Å². The maximum absolute atomic E-state index is 12.6. The molecule has 1 aromatic carbocycles. The largest absolute Gasteiger partial charge is 0.458 e. The third-order valence-electron chi connectivity index (χ3n) is 3.80. The van der Waals surface area contributed by atoms with E-state index in [-0.39, 0.29) is 12.0 Å². The molecular formula is C17H18ClN3O2. The number of hydrogen-bond donors (Lipinski definition) is 0. The van der Waals surface area contributed by atoms with Crippen molar-refractivity contribution in [1.82, 2.24) is 14.9 Å². The molecule has 2 aromatic rings. The topological polar surface area (TPSA) is 55.3 Å². The Morgan fingerprint density at radius 1 is 1.35 bits per heavy atom. The van der Waals surface area contributed by atoms with Gasteiger partial charge in [-0.2, -0.15) is 0 Å². The predicted molar refractivity (Wildman–Crippen MR) is 87.8 cm³/mol. The van der Waals surface area contributed by atoms with Gasteiger partial charge in [-0.1, -0.05) is 29.3 Å². The number of carbonyl (C=O) groups excluding carboxylic acids is 1. The molecule has 2 heterocycles. The van der Waals surface area contributed by atoms with Crippen molar-refractivity contribution in [3.05, 3.63) is 52.8 Å². The molecule has 1 aliphatic rings. The van der Waals surface area contributed by atoms with Gasteiger partial charge in [0.15, 0.2) is 0 Å². The molecule has 120 valence electrons. The minimum absolute atomic E-state index is 0.0408. The number of hydrogen-bond acceptors (Lipinski definition) is 4. The summed E-state index contributed by atoms with van der Waals surface area (Å²) < 4.78 is 5.78. The number of rotatable bonds is 3. The van der Waals surface area contributed by atoms with Gasteiger partial charge in [-0.3, -0.25) is 4.79 Å². The third-order valence-corrected chi connectivity index (χ3v) is 3.99. The van der Waals surface area contributed by atoms with Crippen LogP contribution in [0.15, 0.2) is 36.7 Å². The molecule has 0 saturated carbocycles. The molecule has 6 heteroatoms. The van der Waals surface area contributed by atoms with E-state index in [0.29, 0.717) is 23.1 Å². The van der Waals surface area contributed by atoms with Gasteiger partial charge in [0.25, 0.3) is 5.91 Å². The number of aryl methyl sites for hydroxylation is 1. The summed E-state index contributed by atoms with van der Waals surface area (Å²) in [6.45, 7) is 3.27. The average Bonchev–Trinajstić information content (AvgIpc) is 2.56. The number of amides is 1. The molecule has 1 fully saturated rings. The molecule has 1 saturated heterocycles. The van der Waals surface area contributed by atoms with Crippen LogP contribution in [0.25, 0.3) is 0 Å². The molecule has 0 N–H and O–H groups in total. The SMILES string of the molecule is Cc1cccc(C(=O)N2CCCC(Oc3ncc(Cl)cn3)C2)c1. The van der Waals surface area contributed by atoms with E-state index in [0.717, 1.165) is 24.9 Å². The summed E-state index contributed by atoms with van der Waals surface area (Å²) in [6.07, 6.45) is 4.68. The van der Waals surface area contributed by atoms with E-state index in [1.54, 1.807) is 0 Å². The van der Waals surface area contributed by atoms with E-state index < -0.39 is 0 Å². The van der Waals surface area contributed by atoms with Crippen LogP contribution in [0.3, 0.4) is 0 Å². The Labute approximate surface area is 140 Å². The van der Waals surface area contributed by atoms with Crippen molar-refractivity contribution in [2.75, 3.05) is 13.1 Å². The molecule has 0 bridgehead atoms. The lowest BCUT2D eigenvalue weighted by Crippen LogP contribution is -2.44. The van der Waals surface area contributed by atoms with Crippen LogP contribution in [0.2, 0.25) is 5.02 Å². The molecule has 0 radical (unpaired) electrons. The first kappa shape index (κ1) is 15.7. The Hall–Kier alpha value is -2.14. The summed E-state index contributed by atoms with van der Waals surface area (Å²) in [5, 5.41) is 0.470. The first-order valence-corrected chi connectivity index (χ1v) is 8.00. The molecule has 23 heavy (non-hydrogen) atoms. The molecule has 1 unspecified atom stereocenters. The van der Waals surface area contributed by atoms with Crippen LogP contribution in [0.1, 0.15) is 28.8 Å². The van der Waals surface area contributed by atoms with E-state index in [2.05, 4.69) is 9.97 Å². The van der Waals surface area contributed by atoms with Crippen molar-refractivity contribution in [3.63, 3.8) is 0 Å². The predicted octanol–water partition coefficient (Wildman–Crippen LogP) is 3.12. The van der Waals surface area contributed by atoms with Gasteiger partial charge in [-0.15, -0.1) is 0 Å². The number of aromatic nitrogens is 2. The molecule has 5 nitrogen and oxygen atoms in total. The minimum Gasteiger partial charge on any atom is -0.458 e. The Kier molecular flexibility index (Phi) is 4.76. The van der Waals surface area contributed by atoms with Crippen LogP contribution in [-0.4, -0.2) is 40.0 Å². The van der Waals surface area contributed by atoms with Gasteiger partial charge >= 0.3 is 6.01 Å². The summed E-state index contributed by atoms with van der Waals surface area (Å²) in [5.74, 6) is 0.0408. The molecule has 1 aliphatic heterocycles. The molecule has 0 spiro atoms. The zero-order valence-electron chi connectivity index (χ0n) is 12.9. The quantitative estimate of drug-likeness (QED) is 0.867. The number of carbonyl (C=O) groups is 1. The van der Waals surface area contributed by atoms with Gasteiger partial charge in [0.2, 0.25) is 0 Å². The number of likely N-dealkylation sites (tertiary alicyclic amines) is 1. The zero-order chi connectivity index (χ0) is 16.2. The highest BCUT2D eigenvalue weighted by Gasteiger charge is 2.26. The molecule has 1 aromatic heterocycles. The van der Waals surface area contributed by atoms with Gasteiger partial charge in [0.05, 0.1) is 24.0 Å². The maximum atomic E-state index is 12.6. The van der Waals surface area contributed by atoms with Gasteiger partial charge in [-0.25, -0.2) is 9.97 Å². The lowest BCUT2D eigenvalue weighted by atomic mass is 10.1. The highest BCUT2D eigenvalue weighted by Crippen LogP contribution is 2.18. The Balaban J connectivity index is 1.66. The number of piperidine rings is 1. The fourth-order valence-corrected chi connectivity index (χ4v) is 2.79. The van der Waals surface area contributed by atoms with Gasteiger partial charge in [-0.05, 0) is 31.9 Å². The van der Waals surface area contributed by atoms with Gasteiger partial charge in [0.1, 0.15) is 6.10 Å². The van der Waals surface area contributed by atoms with Crippen molar-refractivity contribution < 1.29 is 9.53 Å². The van der Waals surface area contributed by atoms with Crippen molar-refractivity contribution in [2.45, 2.75) is 25.9 Å². The Morgan fingerprint density at radius 2 is 2.13 bits per heavy atom. The van der Waals surface area contributed by atoms with Crippen molar-refractivity contribution >= 4 is 17.5 Å². The molecule has 1 amide bonds. The van der Waals surface area contributed by atoms with Crippen LogP contribution in [0.5, 0.6) is 6.01 Å². The number of ether oxygens (including phenoxy) is 1. The van der Waals surface area contributed by atoms with E-state index in [4.69, 9.17) is 16.3 Å². The smallest absolute Gasteiger partial charge is 0.316 e. The second kappa shape index (κ2) is 6.96. The molecular weight excluding hydrogens is 314 g/mol. The van der Waals surface area contributed by atoms with E-state index in [1.807, 2.05) is 36.1 Å². The van der Waals surface area contributed by atoms with E-state index >= 15 is 0 Å². The van der Waals surface area contributed by atoms with Gasteiger partial charge in [0, 0.05) is 12.1 Å². The average molecular weight is 332 g/mol. The highest BCUT2D eigenvalue weighted by molar-refractivity contribution is 6.30. The zero-order valence-corrected chi connectivity index (χ0v) is 13.7. The van der Waals surface area contributed by atoms with Crippen LogP contribution in [0.4, 0.5) is 0 Å². The fraction of sp³-hybridized carbons (Fsp3) is 0.353. The summed E-state index contributed by atoms with van der Waals surface area (Å²) in [6, 6.07) is 7.94. The first-order chi connectivity index (χ1) is 11.1. The van der Waals surface area contributed by atoms with Crippen LogP contribution < -0.4 is 4.74 Å². The van der Waals surface area contributed by atoms with E-state index in [9.17, 15) is 4.79 Å².